The van der Waals surface area contributed by atoms with Crippen LogP contribution in [0.3, 0.4) is 0 Å². The highest BCUT2D eigenvalue weighted by atomic mass is 16.3. The molecule has 3 atom stereocenters. The molecule has 0 aliphatic heterocycles. The number of nitrogens with two attached hydrogens (primary N) is 1. The Morgan fingerprint density at radius 2 is 2.10 bits per heavy atom. The molecule has 10 heavy (non-hydrogen) atoms. The van der Waals surface area contributed by atoms with Crippen molar-refractivity contribution >= 4 is 0 Å². The summed E-state index contributed by atoms with van der Waals surface area (Å²) in [5.74, 6) is 0.634. The SMILES string of the molecule is C[C@@H]1CCC(N)C(C)(O)C1. The summed E-state index contributed by atoms with van der Waals surface area (Å²) in [6.07, 6.45) is 2.99. The van der Waals surface area contributed by atoms with E-state index in [2.05, 4.69) is 6.92 Å². The molecule has 1 aliphatic rings. The molecule has 60 valence electrons. The number of rotatable bonds is 0. The van der Waals surface area contributed by atoms with Gasteiger partial charge in [-0.2, -0.15) is 0 Å². The molecule has 0 radical (unpaired) electrons. The fourth-order valence-corrected chi connectivity index (χ4v) is 1.73. The van der Waals surface area contributed by atoms with Crippen molar-refractivity contribution in [3.05, 3.63) is 0 Å². The van der Waals surface area contributed by atoms with E-state index in [9.17, 15) is 5.11 Å². The van der Waals surface area contributed by atoms with Crippen LogP contribution < -0.4 is 5.73 Å². The van der Waals surface area contributed by atoms with E-state index >= 15 is 0 Å². The first kappa shape index (κ1) is 8.02. The Hall–Kier alpha value is -0.0800. The molecular weight excluding hydrogens is 126 g/mol. The Bertz CT molecular complexity index is 122. The first-order chi connectivity index (χ1) is 4.52. The highest BCUT2D eigenvalue weighted by Crippen LogP contribution is 2.30. The van der Waals surface area contributed by atoms with Crippen molar-refractivity contribution in [3.8, 4) is 0 Å². The van der Waals surface area contributed by atoms with Gasteiger partial charge < -0.3 is 10.8 Å². The van der Waals surface area contributed by atoms with Gasteiger partial charge in [-0.3, -0.25) is 0 Å². The second kappa shape index (κ2) is 2.51. The standard InChI is InChI=1S/C8H17NO/c1-6-3-4-7(9)8(2,10)5-6/h6-7,10H,3-5,9H2,1-2H3/t6-,7?,8?/m1/s1. The Labute approximate surface area is 62.4 Å². The van der Waals surface area contributed by atoms with Crippen molar-refractivity contribution in [2.75, 3.05) is 0 Å². The van der Waals surface area contributed by atoms with Gasteiger partial charge in [-0.25, -0.2) is 0 Å². The molecule has 0 saturated heterocycles. The van der Waals surface area contributed by atoms with Crippen molar-refractivity contribution in [1.29, 1.82) is 0 Å². The van der Waals surface area contributed by atoms with Gasteiger partial charge in [-0.15, -0.1) is 0 Å². The van der Waals surface area contributed by atoms with Crippen LogP contribution in [0.5, 0.6) is 0 Å². The average molecular weight is 143 g/mol. The predicted octanol–water partition coefficient (Wildman–Crippen LogP) is 0.885. The van der Waals surface area contributed by atoms with E-state index in [4.69, 9.17) is 5.73 Å². The summed E-state index contributed by atoms with van der Waals surface area (Å²) >= 11 is 0. The number of hydrogen-bond acceptors (Lipinski definition) is 2. The second-order valence-corrected chi connectivity index (χ2v) is 3.85. The summed E-state index contributed by atoms with van der Waals surface area (Å²) in [5, 5.41) is 9.69. The largest absolute Gasteiger partial charge is 0.389 e. The van der Waals surface area contributed by atoms with Gasteiger partial charge >= 0.3 is 0 Å². The lowest BCUT2D eigenvalue weighted by Crippen LogP contribution is -2.49. The van der Waals surface area contributed by atoms with E-state index in [1.807, 2.05) is 6.92 Å². The molecule has 0 amide bonds. The molecule has 2 heteroatoms. The molecule has 1 saturated carbocycles. The van der Waals surface area contributed by atoms with Crippen molar-refractivity contribution in [1.82, 2.24) is 0 Å². The zero-order chi connectivity index (χ0) is 7.78. The van der Waals surface area contributed by atoms with Gasteiger partial charge in [0.05, 0.1) is 5.60 Å². The molecule has 2 nitrogen and oxygen atoms in total. The normalized spacial score (nSPS) is 49.2. The van der Waals surface area contributed by atoms with Gasteiger partial charge in [-0.1, -0.05) is 6.92 Å². The Morgan fingerprint density at radius 3 is 2.50 bits per heavy atom. The fraction of sp³-hybridized carbons (Fsp3) is 1.00. The molecule has 0 aromatic rings. The number of hydrogen-bond donors (Lipinski definition) is 2. The third kappa shape index (κ3) is 1.50. The minimum atomic E-state index is -0.613. The summed E-state index contributed by atoms with van der Waals surface area (Å²) < 4.78 is 0. The fourth-order valence-electron chi connectivity index (χ4n) is 1.73. The van der Waals surface area contributed by atoms with Crippen LogP contribution in [-0.4, -0.2) is 16.7 Å². The van der Waals surface area contributed by atoms with Crippen LogP contribution in [0.1, 0.15) is 33.1 Å². The third-order valence-electron chi connectivity index (χ3n) is 2.53. The molecular formula is C8H17NO. The van der Waals surface area contributed by atoms with Crippen molar-refractivity contribution in [2.45, 2.75) is 44.8 Å². The second-order valence-electron chi connectivity index (χ2n) is 3.85. The van der Waals surface area contributed by atoms with E-state index in [1.165, 1.54) is 0 Å². The van der Waals surface area contributed by atoms with Crippen molar-refractivity contribution < 1.29 is 5.11 Å². The molecule has 0 heterocycles. The van der Waals surface area contributed by atoms with Crippen molar-refractivity contribution in [3.63, 3.8) is 0 Å². The minimum absolute atomic E-state index is 0.0105. The zero-order valence-corrected chi connectivity index (χ0v) is 6.80. The molecule has 0 spiro atoms. The van der Waals surface area contributed by atoms with Gasteiger partial charge in [-0.05, 0) is 32.1 Å². The highest BCUT2D eigenvalue weighted by molar-refractivity contribution is 4.90. The quantitative estimate of drug-likeness (QED) is 0.529. The Morgan fingerprint density at radius 1 is 1.50 bits per heavy atom. The summed E-state index contributed by atoms with van der Waals surface area (Å²) in [7, 11) is 0. The van der Waals surface area contributed by atoms with E-state index in [1.54, 1.807) is 0 Å². The summed E-state index contributed by atoms with van der Waals surface area (Å²) in [4.78, 5) is 0. The van der Waals surface area contributed by atoms with E-state index in [0.29, 0.717) is 5.92 Å². The van der Waals surface area contributed by atoms with Crippen LogP contribution in [-0.2, 0) is 0 Å². The number of aliphatic hydroxyl groups is 1. The zero-order valence-electron chi connectivity index (χ0n) is 6.80. The summed E-state index contributed by atoms with van der Waals surface area (Å²) in [6, 6.07) is -0.0105. The predicted molar refractivity (Wildman–Crippen MR) is 41.6 cm³/mol. The lowest BCUT2D eigenvalue weighted by molar-refractivity contribution is -0.0136. The molecule has 1 fully saturated rings. The highest BCUT2D eigenvalue weighted by Gasteiger charge is 2.34. The monoisotopic (exact) mass is 143 g/mol. The van der Waals surface area contributed by atoms with Gasteiger partial charge in [0.15, 0.2) is 0 Å². The maximum atomic E-state index is 9.69. The lowest BCUT2D eigenvalue weighted by Gasteiger charge is -2.37. The summed E-state index contributed by atoms with van der Waals surface area (Å²) in [6.45, 7) is 4.01. The van der Waals surface area contributed by atoms with Crippen molar-refractivity contribution in [2.24, 2.45) is 11.7 Å². The van der Waals surface area contributed by atoms with E-state index in [-0.39, 0.29) is 6.04 Å². The van der Waals surface area contributed by atoms with Crippen LogP contribution in [0.4, 0.5) is 0 Å². The van der Waals surface area contributed by atoms with Gasteiger partial charge in [0, 0.05) is 6.04 Å². The summed E-state index contributed by atoms with van der Waals surface area (Å²) in [5.41, 5.74) is 5.11. The lowest BCUT2D eigenvalue weighted by atomic mass is 9.77. The van der Waals surface area contributed by atoms with Crippen LogP contribution in [0, 0.1) is 5.92 Å². The Balaban J connectivity index is 2.55. The van der Waals surface area contributed by atoms with E-state index < -0.39 is 5.60 Å². The Kier molecular flexibility index (Phi) is 2.02. The molecule has 1 rings (SSSR count). The van der Waals surface area contributed by atoms with Gasteiger partial charge in [0.2, 0.25) is 0 Å². The molecule has 2 unspecified atom stereocenters. The maximum absolute atomic E-state index is 9.69. The maximum Gasteiger partial charge on any atom is 0.0772 e. The minimum Gasteiger partial charge on any atom is -0.389 e. The van der Waals surface area contributed by atoms with Crippen LogP contribution in [0.25, 0.3) is 0 Å². The molecule has 0 aromatic heterocycles. The molecule has 0 aromatic carbocycles. The van der Waals surface area contributed by atoms with Crippen LogP contribution in [0.15, 0.2) is 0 Å². The molecule has 0 bridgehead atoms. The van der Waals surface area contributed by atoms with Gasteiger partial charge in [0.25, 0.3) is 0 Å². The van der Waals surface area contributed by atoms with E-state index in [0.717, 1.165) is 19.3 Å². The third-order valence-corrected chi connectivity index (χ3v) is 2.53. The molecule has 1 aliphatic carbocycles. The average Bonchev–Trinajstić information content (AvgIpc) is 1.78. The first-order valence-electron chi connectivity index (χ1n) is 4.00. The smallest absolute Gasteiger partial charge is 0.0772 e. The van der Waals surface area contributed by atoms with Crippen LogP contribution in [0.2, 0.25) is 0 Å². The first-order valence-corrected chi connectivity index (χ1v) is 4.00. The molecule has 3 N–H and O–H groups in total. The topological polar surface area (TPSA) is 46.2 Å². The van der Waals surface area contributed by atoms with Gasteiger partial charge in [0.1, 0.15) is 0 Å². The van der Waals surface area contributed by atoms with Crippen LogP contribution >= 0.6 is 0 Å².